The summed E-state index contributed by atoms with van der Waals surface area (Å²) >= 11 is 0. The molecule has 1 unspecified atom stereocenters. The van der Waals surface area contributed by atoms with Crippen molar-refractivity contribution in [3.8, 4) is 5.75 Å². The molecule has 2 saturated heterocycles. The number of aromatic nitrogens is 1. The molecular weight excluding hydrogens is 575 g/mol. The summed E-state index contributed by atoms with van der Waals surface area (Å²) in [5.41, 5.74) is 1.35. The number of quaternary nitrogens is 1. The first-order valence-electron chi connectivity index (χ1n) is 14.8. The van der Waals surface area contributed by atoms with Crippen LogP contribution in [0.5, 0.6) is 5.75 Å². The Kier molecular flexibility index (Phi) is 6.89. The quantitative estimate of drug-likeness (QED) is 0.358. The van der Waals surface area contributed by atoms with Crippen molar-refractivity contribution in [2.24, 2.45) is 21.7 Å². The average molecular weight is 607 g/mol. The number of allylic oxidation sites excluding steroid dienone is 1. The number of pyridine rings is 1. The van der Waals surface area contributed by atoms with Gasteiger partial charge in [-0.1, -0.05) is 0 Å². The Morgan fingerprint density at radius 2 is 1.95 bits per heavy atom. The Morgan fingerprint density at radius 3 is 2.73 bits per heavy atom. The standard InChI is InChI=1S/C31H30F3N7O3/c32-31(33,34)20-10-11-37-26(15-20)38-30(43)18-5-8-23(25(14-18)44-22-2-1-3-22)29-39-28(24-16-36-12-13-41(24,29)35)19-4-6-21-7-9-27(42)40(21)17-19/h5,8,10-16,19,21-22H,1-4,6-7,9,17,35H2/p+1/t19-,21+,41?/m1/s1. The van der Waals surface area contributed by atoms with Crippen LogP contribution in [0.4, 0.5) is 19.0 Å². The summed E-state index contributed by atoms with van der Waals surface area (Å²) in [6.45, 7) is 0.574. The van der Waals surface area contributed by atoms with E-state index in [1.165, 1.54) is 0 Å². The highest BCUT2D eigenvalue weighted by molar-refractivity contribution is 6.07. The Labute approximate surface area is 251 Å². The van der Waals surface area contributed by atoms with Crippen LogP contribution in [0.25, 0.3) is 0 Å². The molecule has 7 rings (SSSR count). The van der Waals surface area contributed by atoms with Crippen LogP contribution in [0.2, 0.25) is 0 Å². The summed E-state index contributed by atoms with van der Waals surface area (Å²) in [6, 6.07) is 6.74. The fraction of sp³-hybridized carbons (Fsp3) is 0.387. The van der Waals surface area contributed by atoms with E-state index in [1.54, 1.807) is 36.8 Å². The third kappa shape index (κ3) is 4.99. The molecule has 1 aliphatic carbocycles. The number of carbonyl (C=O) groups excluding carboxylic acids is 2. The Balaban J connectivity index is 1.22. The molecule has 44 heavy (non-hydrogen) atoms. The zero-order valence-corrected chi connectivity index (χ0v) is 23.8. The van der Waals surface area contributed by atoms with E-state index in [1.807, 2.05) is 4.90 Å². The minimum atomic E-state index is -4.57. The second kappa shape index (κ2) is 10.7. The highest BCUT2D eigenvalue weighted by Gasteiger charge is 2.49. The van der Waals surface area contributed by atoms with Gasteiger partial charge < -0.3 is 15.0 Å². The first kappa shape index (κ1) is 28.4. The minimum absolute atomic E-state index is 0.0131. The lowest BCUT2D eigenvalue weighted by molar-refractivity contribution is -0.750. The van der Waals surface area contributed by atoms with Gasteiger partial charge in [0.25, 0.3) is 11.7 Å². The van der Waals surface area contributed by atoms with Crippen molar-refractivity contribution in [3.63, 3.8) is 0 Å². The molecule has 0 radical (unpaired) electrons. The Bertz CT molecular complexity index is 1660. The maximum atomic E-state index is 13.2. The van der Waals surface area contributed by atoms with Gasteiger partial charge in [-0.3, -0.25) is 14.6 Å². The van der Waals surface area contributed by atoms with Crippen LogP contribution in [-0.4, -0.2) is 57.0 Å². The lowest BCUT2D eigenvalue weighted by atomic mass is 9.90. The van der Waals surface area contributed by atoms with E-state index in [0.717, 1.165) is 62.6 Å². The van der Waals surface area contributed by atoms with Crippen LogP contribution < -0.4 is 15.9 Å². The zero-order chi connectivity index (χ0) is 30.6. The molecule has 228 valence electrons. The molecule has 2 amide bonds. The van der Waals surface area contributed by atoms with E-state index in [0.29, 0.717) is 35.8 Å². The number of rotatable bonds is 6. The van der Waals surface area contributed by atoms with E-state index in [9.17, 15) is 22.8 Å². The van der Waals surface area contributed by atoms with E-state index >= 15 is 0 Å². The van der Waals surface area contributed by atoms with Gasteiger partial charge >= 0.3 is 6.18 Å². The maximum Gasteiger partial charge on any atom is 0.416 e. The lowest BCUT2D eigenvalue weighted by Crippen LogP contribution is -2.53. The number of fused-ring (bicyclic) bond motifs is 2. The topological polar surface area (TPSA) is 122 Å². The number of nitrogens with zero attached hydrogens (tertiary/aromatic N) is 5. The predicted molar refractivity (Wildman–Crippen MR) is 155 cm³/mol. The number of amidine groups is 1. The average Bonchev–Trinajstić information content (AvgIpc) is 3.51. The third-order valence-corrected chi connectivity index (χ3v) is 9.09. The molecule has 13 heteroatoms. The van der Waals surface area contributed by atoms with Crippen molar-refractivity contribution in [3.05, 3.63) is 77.0 Å². The number of alkyl halides is 3. The van der Waals surface area contributed by atoms with E-state index in [-0.39, 0.29) is 39.9 Å². The molecule has 1 aromatic carbocycles. The molecule has 3 fully saturated rings. The largest absolute Gasteiger partial charge is 0.489 e. The fourth-order valence-corrected chi connectivity index (χ4v) is 6.45. The summed E-state index contributed by atoms with van der Waals surface area (Å²) in [4.78, 5) is 41.0. The number of halogens is 3. The number of hydrogen-bond acceptors (Lipinski definition) is 7. The number of benzene rings is 1. The monoisotopic (exact) mass is 606 g/mol. The van der Waals surface area contributed by atoms with Crippen LogP contribution in [0.15, 0.2) is 70.3 Å². The molecule has 5 heterocycles. The van der Waals surface area contributed by atoms with Gasteiger partial charge in [0, 0.05) is 36.7 Å². The van der Waals surface area contributed by atoms with Crippen molar-refractivity contribution in [1.29, 1.82) is 0 Å². The molecule has 3 atom stereocenters. The van der Waals surface area contributed by atoms with Crippen molar-refractivity contribution < 1.29 is 32.1 Å². The number of ether oxygens (including phenoxy) is 1. The van der Waals surface area contributed by atoms with E-state index in [2.05, 4.69) is 15.3 Å². The van der Waals surface area contributed by atoms with E-state index < -0.39 is 17.6 Å². The van der Waals surface area contributed by atoms with Gasteiger partial charge in [-0.25, -0.2) is 4.98 Å². The normalized spacial score (nSPS) is 26.3. The number of nitrogens with two attached hydrogens (primary N) is 1. The van der Waals surface area contributed by atoms with Crippen LogP contribution >= 0.6 is 0 Å². The molecule has 0 bridgehead atoms. The number of carbonyl (C=O) groups is 2. The second-order valence-electron chi connectivity index (χ2n) is 11.8. The lowest BCUT2D eigenvalue weighted by Gasteiger charge is -2.35. The third-order valence-electron chi connectivity index (χ3n) is 9.09. The van der Waals surface area contributed by atoms with Gasteiger partial charge in [0.05, 0.1) is 24.1 Å². The number of anilines is 1. The zero-order valence-electron chi connectivity index (χ0n) is 23.8. The molecule has 2 aromatic rings. The van der Waals surface area contributed by atoms with E-state index in [4.69, 9.17) is 15.6 Å². The van der Waals surface area contributed by atoms with Gasteiger partial charge in [0.15, 0.2) is 0 Å². The second-order valence-corrected chi connectivity index (χ2v) is 11.8. The predicted octanol–water partition coefficient (Wildman–Crippen LogP) is 4.90. The number of nitrogens with one attached hydrogen (secondary N) is 1. The number of amides is 2. The molecule has 1 saturated carbocycles. The maximum absolute atomic E-state index is 13.2. The van der Waals surface area contributed by atoms with Crippen molar-refractivity contribution in [1.82, 2.24) is 9.88 Å². The first-order chi connectivity index (χ1) is 21.1. The van der Waals surface area contributed by atoms with Gasteiger partial charge in [-0.2, -0.15) is 24.0 Å². The van der Waals surface area contributed by atoms with Crippen LogP contribution in [0.3, 0.4) is 0 Å². The summed E-state index contributed by atoms with van der Waals surface area (Å²) < 4.78 is 45.7. The smallest absolute Gasteiger partial charge is 0.416 e. The molecular formula is C31H31F3N7O3+. The molecule has 3 N–H and O–H groups in total. The van der Waals surface area contributed by atoms with Crippen LogP contribution in [0, 0.1) is 5.92 Å². The molecule has 10 nitrogen and oxygen atoms in total. The summed E-state index contributed by atoms with van der Waals surface area (Å²) in [5.74, 6) is 7.22. The summed E-state index contributed by atoms with van der Waals surface area (Å²) in [7, 11) is 0. The summed E-state index contributed by atoms with van der Waals surface area (Å²) in [6.07, 6.45) is 7.40. The minimum Gasteiger partial charge on any atom is -0.489 e. The highest BCUT2D eigenvalue weighted by atomic mass is 19.4. The van der Waals surface area contributed by atoms with Crippen molar-refractivity contribution >= 4 is 29.7 Å². The van der Waals surface area contributed by atoms with Gasteiger partial charge in [0.2, 0.25) is 11.6 Å². The highest BCUT2D eigenvalue weighted by Crippen LogP contribution is 2.42. The molecule has 0 spiro atoms. The van der Waals surface area contributed by atoms with Crippen molar-refractivity contribution in [2.45, 2.75) is 63.3 Å². The number of hydrogen-bond donors (Lipinski definition) is 2. The van der Waals surface area contributed by atoms with Crippen LogP contribution in [0.1, 0.15) is 66.4 Å². The van der Waals surface area contributed by atoms with Crippen LogP contribution in [-0.2, 0) is 11.0 Å². The van der Waals surface area contributed by atoms with Crippen molar-refractivity contribution in [2.75, 3.05) is 11.9 Å². The Hall–Kier alpha value is -4.36. The molecule has 5 aliphatic rings. The SMILES string of the molecule is N[N+]12C=CN=CC1=C([C@@H]1CC[C@H]3CCC(=O)N3C1)N=C2c1ccc(C(=O)Nc2cc(C(F)(F)F)ccn2)cc1OC1CCC1. The molecule has 1 aromatic heterocycles. The fourth-order valence-electron chi connectivity index (χ4n) is 6.45. The summed E-state index contributed by atoms with van der Waals surface area (Å²) in [5, 5.41) is 2.46. The van der Waals surface area contributed by atoms with Gasteiger partial charge in [-0.15, -0.1) is 4.59 Å². The molecule has 4 aliphatic heterocycles. The van der Waals surface area contributed by atoms with Gasteiger partial charge in [0.1, 0.15) is 29.0 Å². The van der Waals surface area contributed by atoms with Gasteiger partial charge in [-0.05, 0) is 68.9 Å². The first-order valence-corrected chi connectivity index (χ1v) is 14.8. The number of piperidine rings is 1. The number of aliphatic imine (C=N–C) groups is 2. The Morgan fingerprint density at radius 1 is 1.11 bits per heavy atom.